The SMILES string of the molecule is CCCCNC(=O)[C@@H](CC)N(Cc1ccc(C)cc1)C(=O)CN(c1ccccc1F)S(=O)(=O)c1ccccc1. The van der Waals surface area contributed by atoms with Crippen molar-refractivity contribution in [2.45, 2.75) is 57.5 Å². The Labute approximate surface area is 230 Å². The summed E-state index contributed by atoms with van der Waals surface area (Å²) in [5.41, 5.74) is 1.59. The van der Waals surface area contributed by atoms with Crippen LogP contribution in [0.3, 0.4) is 0 Å². The number of anilines is 1. The topological polar surface area (TPSA) is 86.8 Å². The van der Waals surface area contributed by atoms with Gasteiger partial charge in [0.2, 0.25) is 11.8 Å². The van der Waals surface area contributed by atoms with E-state index in [1.165, 1.54) is 35.2 Å². The maximum Gasteiger partial charge on any atom is 0.264 e. The zero-order chi connectivity index (χ0) is 28.4. The van der Waals surface area contributed by atoms with Gasteiger partial charge in [0.1, 0.15) is 18.4 Å². The van der Waals surface area contributed by atoms with Crippen LogP contribution < -0.4 is 9.62 Å². The van der Waals surface area contributed by atoms with Crippen LogP contribution in [0.2, 0.25) is 0 Å². The minimum absolute atomic E-state index is 0.0736. The smallest absolute Gasteiger partial charge is 0.264 e. The van der Waals surface area contributed by atoms with Crippen molar-refractivity contribution in [1.82, 2.24) is 10.2 Å². The lowest BCUT2D eigenvalue weighted by molar-refractivity contribution is -0.140. The molecule has 208 valence electrons. The zero-order valence-electron chi connectivity index (χ0n) is 22.6. The van der Waals surface area contributed by atoms with Gasteiger partial charge in [-0.05, 0) is 49.6 Å². The molecule has 0 aromatic heterocycles. The minimum atomic E-state index is -4.31. The first kappa shape index (κ1) is 29.8. The maximum absolute atomic E-state index is 15.0. The third-order valence-electron chi connectivity index (χ3n) is 6.42. The standard InChI is InChI=1S/C30H36FN3O4S/c1-4-6-20-32-30(36)27(5-2)33(21-24-18-16-23(3)17-19-24)29(35)22-34(28-15-11-10-14-26(28)31)39(37,38)25-12-8-7-9-13-25/h7-19,27H,4-6,20-22H2,1-3H3,(H,32,36)/t27-/m1/s1. The molecule has 3 aromatic rings. The van der Waals surface area contributed by atoms with Crippen LogP contribution in [0, 0.1) is 12.7 Å². The van der Waals surface area contributed by atoms with Crippen LogP contribution in [-0.4, -0.2) is 44.3 Å². The summed E-state index contributed by atoms with van der Waals surface area (Å²) in [5, 5.41) is 2.89. The predicted molar refractivity (Wildman–Crippen MR) is 151 cm³/mol. The third-order valence-corrected chi connectivity index (χ3v) is 8.19. The lowest BCUT2D eigenvalue weighted by Gasteiger charge is -2.33. The number of unbranched alkanes of at least 4 members (excludes halogenated alkanes) is 1. The van der Waals surface area contributed by atoms with Crippen molar-refractivity contribution >= 4 is 27.5 Å². The number of hydrogen-bond donors (Lipinski definition) is 1. The molecule has 0 radical (unpaired) electrons. The summed E-state index contributed by atoms with van der Waals surface area (Å²) in [5.74, 6) is -1.70. The van der Waals surface area contributed by atoms with Gasteiger partial charge in [0, 0.05) is 13.1 Å². The van der Waals surface area contributed by atoms with Crippen LogP contribution in [0.15, 0.2) is 83.8 Å². The van der Waals surface area contributed by atoms with E-state index in [0.29, 0.717) is 13.0 Å². The van der Waals surface area contributed by atoms with Crippen LogP contribution in [0.4, 0.5) is 10.1 Å². The summed E-state index contributed by atoms with van der Waals surface area (Å²) >= 11 is 0. The molecule has 3 rings (SSSR count). The van der Waals surface area contributed by atoms with E-state index >= 15 is 0 Å². The molecule has 2 amide bonds. The molecule has 0 spiro atoms. The van der Waals surface area contributed by atoms with Gasteiger partial charge in [0.15, 0.2) is 0 Å². The van der Waals surface area contributed by atoms with E-state index in [1.807, 2.05) is 38.1 Å². The summed E-state index contributed by atoms with van der Waals surface area (Å²) in [6.07, 6.45) is 2.02. The van der Waals surface area contributed by atoms with Gasteiger partial charge in [-0.15, -0.1) is 0 Å². The molecule has 0 aliphatic carbocycles. The molecule has 0 saturated heterocycles. The molecule has 0 fully saturated rings. The Morgan fingerprint density at radius 1 is 0.923 bits per heavy atom. The molecule has 7 nitrogen and oxygen atoms in total. The molecule has 1 N–H and O–H groups in total. The number of benzene rings is 3. The number of nitrogens with zero attached hydrogens (tertiary/aromatic N) is 2. The van der Waals surface area contributed by atoms with Gasteiger partial charge >= 0.3 is 0 Å². The van der Waals surface area contributed by atoms with E-state index in [2.05, 4.69) is 5.32 Å². The van der Waals surface area contributed by atoms with Crippen molar-refractivity contribution < 1.29 is 22.4 Å². The highest BCUT2D eigenvalue weighted by Gasteiger charge is 2.34. The number of halogens is 1. The molecule has 0 saturated carbocycles. The number of nitrogens with one attached hydrogen (secondary N) is 1. The number of carbonyl (C=O) groups is 2. The second kappa shape index (κ2) is 13.9. The molecule has 0 aliphatic rings. The van der Waals surface area contributed by atoms with Crippen molar-refractivity contribution in [3.63, 3.8) is 0 Å². The molecule has 39 heavy (non-hydrogen) atoms. The Morgan fingerprint density at radius 3 is 2.18 bits per heavy atom. The quantitative estimate of drug-likeness (QED) is 0.300. The van der Waals surface area contributed by atoms with E-state index in [0.717, 1.165) is 34.3 Å². The number of aryl methyl sites for hydroxylation is 1. The normalized spacial score (nSPS) is 12.0. The first-order valence-electron chi connectivity index (χ1n) is 13.1. The Hall–Kier alpha value is -3.72. The van der Waals surface area contributed by atoms with Gasteiger partial charge in [-0.1, -0.05) is 80.4 Å². The highest BCUT2D eigenvalue weighted by atomic mass is 32.2. The van der Waals surface area contributed by atoms with Gasteiger partial charge in [0.25, 0.3) is 10.0 Å². The Balaban J connectivity index is 2.03. The van der Waals surface area contributed by atoms with Gasteiger partial charge in [-0.25, -0.2) is 12.8 Å². The fraction of sp³-hybridized carbons (Fsp3) is 0.333. The van der Waals surface area contributed by atoms with E-state index < -0.39 is 34.3 Å². The lowest BCUT2D eigenvalue weighted by Crippen LogP contribution is -2.52. The molecule has 0 bridgehead atoms. The average Bonchev–Trinajstić information content (AvgIpc) is 2.93. The number of amides is 2. The Morgan fingerprint density at radius 2 is 1.56 bits per heavy atom. The molecule has 9 heteroatoms. The maximum atomic E-state index is 15.0. The van der Waals surface area contributed by atoms with Crippen LogP contribution in [0.5, 0.6) is 0 Å². The number of rotatable bonds is 13. The Kier molecular flexibility index (Phi) is 10.6. The summed E-state index contributed by atoms with van der Waals surface area (Å²) in [4.78, 5) is 28.4. The van der Waals surface area contributed by atoms with E-state index in [9.17, 15) is 22.4 Å². The molecule has 1 atom stereocenters. The van der Waals surface area contributed by atoms with Crippen molar-refractivity contribution in [3.8, 4) is 0 Å². The number of sulfonamides is 1. The zero-order valence-corrected chi connectivity index (χ0v) is 23.5. The third kappa shape index (κ3) is 7.66. The highest BCUT2D eigenvalue weighted by Crippen LogP contribution is 2.27. The summed E-state index contributed by atoms with van der Waals surface area (Å²) in [7, 11) is -4.31. The summed E-state index contributed by atoms with van der Waals surface area (Å²) < 4.78 is 43.1. The first-order chi connectivity index (χ1) is 18.7. The van der Waals surface area contributed by atoms with Crippen LogP contribution in [0.25, 0.3) is 0 Å². The molecule has 0 aliphatic heterocycles. The molecule has 0 heterocycles. The fourth-order valence-electron chi connectivity index (χ4n) is 4.20. The Bertz CT molecular complexity index is 1350. The van der Waals surface area contributed by atoms with Gasteiger partial charge in [0.05, 0.1) is 10.6 Å². The van der Waals surface area contributed by atoms with Crippen molar-refractivity contribution in [2.75, 3.05) is 17.4 Å². The van der Waals surface area contributed by atoms with Gasteiger partial charge < -0.3 is 10.2 Å². The van der Waals surface area contributed by atoms with Crippen LogP contribution >= 0.6 is 0 Å². The van der Waals surface area contributed by atoms with E-state index in [4.69, 9.17) is 0 Å². The first-order valence-corrected chi connectivity index (χ1v) is 14.6. The van der Waals surface area contributed by atoms with Crippen molar-refractivity contribution in [1.29, 1.82) is 0 Å². The largest absolute Gasteiger partial charge is 0.354 e. The second-order valence-electron chi connectivity index (χ2n) is 9.35. The molecular formula is C30H36FN3O4S. The van der Waals surface area contributed by atoms with Gasteiger partial charge in [-0.3, -0.25) is 13.9 Å². The molecular weight excluding hydrogens is 517 g/mol. The van der Waals surface area contributed by atoms with Crippen molar-refractivity contribution in [2.24, 2.45) is 0 Å². The van der Waals surface area contributed by atoms with E-state index in [1.54, 1.807) is 25.1 Å². The summed E-state index contributed by atoms with van der Waals surface area (Å²) in [6.45, 7) is 5.65. The predicted octanol–water partition coefficient (Wildman–Crippen LogP) is 5.05. The van der Waals surface area contributed by atoms with Gasteiger partial charge in [-0.2, -0.15) is 0 Å². The average molecular weight is 554 g/mol. The number of hydrogen-bond acceptors (Lipinski definition) is 4. The number of carbonyl (C=O) groups excluding carboxylic acids is 2. The number of para-hydroxylation sites is 1. The fourth-order valence-corrected chi connectivity index (χ4v) is 5.65. The minimum Gasteiger partial charge on any atom is -0.354 e. The lowest BCUT2D eigenvalue weighted by atomic mass is 10.1. The molecule has 3 aromatic carbocycles. The molecule has 0 unspecified atom stereocenters. The van der Waals surface area contributed by atoms with Crippen LogP contribution in [-0.2, 0) is 26.2 Å². The summed E-state index contributed by atoms with van der Waals surface area (Å²) in [6, 6.07) is 19.7. The second-order valence-corrected chi connectivity index (χ2v) is 11.2. The monoisotopic (exact) mass is 553 g/mol. The van der Waals surface area contributed by atoms with E-state index in [-0.39, 0.29) is 23.0 Å². The van der Waals surface area contributed by atoms with Crippen LogP contribution in [0.1, 0.15) is 44.2 Å². The highest BCUT2D eigenvalue weighted by molar-refractivity contribution is 7.92. The van der Waals surface area contributed by atoms with Crippen molar-refractivity contribution in [3.05, 3.63) is 95.8 Å².